The fraction of sp³-hybridized carbons (Fsp3) is 0.429. The molecular weight excluding hydrogens is 242 g/mol. The highest BCUT2D eigenvalue weighted by Crippen LogP contribution is 2.18. The molecule has 0 atom stereocenters. The molecule has 1 heterocycles. The van der Waals surface area contributed by atoms with Crippen molar-refractivity contribution < 1.29 is 9.84 Å². The summed E-state index contributed by atoms with van der Waals surface area (Å²) in [6, 6.07) is 7.44. The van der Waals surface area contributed by atoms with E-state index in [-0.39, 0.29) is 6.61 Å². The van der Waals surface area contributed by atoms with Gasteiger partial charge in [-0.1, -0.05) is 32.0 Å². The van der Waals surface area contributed by atoms with E-state index in [1.807, 2.05) is 28.9 Å². The maximum Gasteiger partial charge on any atom is 0.164 e. The molecule has 0 spiro atoms. The first-order valence-electron chi connectivity index (χ1n) is 6.39. The quantitative estimate of drug-likeness (QED) is 0.864. The zero-order valence-corrected chi connectivity index (χ0v) is 11.3. The number of nitrogens with zero attached hydrogens (tertiary/aromatic N) is 3. The molecule has 19 heavy (non-hydrogen) atoms. The lowest BCUT2D eigenvalue weighted by Gasteiger charge is -2.11. The minimum absolute atomic E-state index is 0.0329. The number of aromatic nitrogens is 3. The molecular formula is C14H19N3O2. The van der Waals surface area contributed by atoms with E-state index >= 15 is 0 Å². The monoisotopic (exact) mass is 261 g/mol. The second-order valence-electron chi connectivity index (χ2n) is 4.81. The van der Waals surface area contributed by atoms with Crippen LogP contribution in [0, 0.1) is 5.92 Å². The van der Waals surface area contributed by atoms with Crippen LogP contribution in [0.5, 0.6) is 5.75 Å². The molecule has 1 aromatic heterocycles. The normalized spacial score (nSPS) is 10.9. The van der Waals surface area contributed by atoms with Crippen LogP contribution in [-0.2, 0) is 19.8 Å². The van der Waals surface area contributed by atoms with E-state index in [2.05, 4.69) is 23.9 Å². The molecule has 0 amide bonds. The Balaban J connectivity index is 2.04. The van der Waals surface area contributed by atoms with E-state index < -0.39 is 0 Å². The summed E-state index contributed by atoms with van der Waals surface area (Å²) >= 11 is 0. The number of benzene rings is 1. The molecule has 0 radical (unpaired) electrons. The maximum absolute atomic E-state index is 9.24. The summed E-state index contributed by atoms with van der Waals surface area (Å²) in [7, 11) is 0. The van der Waals surface area contributed by atoms with Gasteiger partial charge in [0.15, 0.2) is 5.82 Å². The van der Waals surface area contributed by atoms with Crippen LogP contribution in [0.2, 0.25) is 0 Å². The Morgan fingerprint density at radius 1 is 1.32 bits per heavy atom. The third-order valence-electron chi connectivity index (χ3n) is 2.73. The van der Waals surface area contributed by atoms with Crippen molar-refractivity contribution >= 4 is 0 Å². The summed E-state index contributed by atoms with van der Waals surface area (Å²) < 4.78 is 7.56. The van der Waals surface area contributed by atoms with Crippen molar-refractivity contribution in [3.63, 3.8) is 0 Å². The second kappa shape index (κ2) is 6.33. The Morgan fingerprint density at radius 3 is 2.84 bits per heavy atom. The Labute approximate surface area is 112 Å². The summed E-state index contributed by atoms with van der Waals surface area (Å²) in [5, 5.41) is 13.4. The molecule has 0 unspecified atom stereocenters. The average Bonchev–Trinajstić information content (AvgIpc) is 2.83. The molecule has 5 nitrogen and oxygen atoms in total. The summed E-state index contributed by atoms with van der Waals surface area (Å²) in [6.45, 7) is 5.40. The zero-order chi connectivity index (χ0) is 13.7. The van der Waals surface area contributed by atoms with Crippen LogP contribution >= 0.6 is 0 Å². The predicted molar refractivity (Wildman–Crippen MR) is 71.6 cm³/mol. The van der Waals surface area contributed by atoms with Crippen molar-refractivity contribution in [2.45, 2.75) is 33.6 Å². The molecule has 2 rings (SSSR count). The molecule has 0 saturated heterocycles. The van der Waals surface area contributed by atoms with Crippen LogP contribution in [-0.4, -0.2) is 19.9 Å². The molecule has 0 aliphatic rings. The van der Waals surface area contributed by atoms with E-state index in [1.54, 1.807) is 6.33 Å². The molecule has 0 aliphatic heterocycles. The Morgan fingerprint density at radius 2 is 2.11 bits per heavy atom. The third kappa shape index (κ3) is 3.54. The third-order valence-corrected chi connectivity index (χ3v) is 2.73. The fourth-order valence-corrected chi connectivity index (χ4v) is 1.82. The minimum Gasteiger partial charge on any atom is -0.485 e. The van der Waals surface area contributed by atoms with Crippen LogP contribution in [0.25, 0.3) is 0 Å². The summed E-state index contributed by atoms with van der Waals surface area (Å²) in [5.74, 6) is 1.98. The van der Waals surface area contributed by atoms with Gasteiger partial charge >= 0.3 is 0 Å². The molecule has 1 aromatic carbocycles. The van der Waals surface area contributed by atoms with E-state index in [0.29, 0.717) is 18.3 Å². The first kappa shape index (κ1) is 13.5. The Bertz CT molecular complexity index is 523. The molecule has 0 fully saturated rings. The van der Waals surface area contributed by atoms with Gasteiger partial charge in [-0.05, 0) is 12.0 Å². The van der Waals surface area contributed by atoms with Gasteiger partial charge in [0.1, 0.15) is 18.7 Å². The molecule has 2 aromatic rings. The highest BCUT2D eigenvalue weighted by Gasteiger charge is 2.08. The second-order valence-corrected chi connectivity index (χ2v) is 4.81. The van der Waals surface area contributed by atoms with E-state index in [0.717, 1.165) is 17.9 Å². The van der Waals surface area contributed by atoms with Crippen LogP contribution < -0.4 is 4.74 Å². The standard InChI is InChI=1S/C14H19N3O2/c1-11(2)7-17-14(15-10-16-17)9-19-13-6-4-3-5-12(13)8-18/h3-6,10-11,18H,7-9H2,1-2H3. The van der Waals surface area contributed by atoms with Gasteiger partial charge in [-0.25, -0.2) is 9.67 Å². The number of aliphatic hydroxyl groups is 1. The van der Waals surface area contributed by atoms with Gasteiger partial charge in [0, 0.05) is 12.1 Å². The zero-order valence-electron chi connectivity index (χ0n) is 11.3. The van der Waals surface area contributed by atoms with Gasteiger partial charge in [-0.15, -0.1) is 0 Å². The lowest BCUT2D eigenvalue weighted by atomic mass is 10.2. The van der Waals surface area contributed by atoms with E-state index in [9.17, 15) is 5.11 Å². The van der Waals surface area contributed by atoms with Crippen molar-refractivity contribution in [1.29, 1.82) is 0 Å². The molecule has 1 N–H and O–H groups in total. The summed E-state index contributed by atoms with van der Waals surface area (Å²) in [6.07, 6.45) is 1.54. The number of hydrogen-bond donors (Lipinski definition) is 1. The van der Waals surface area contributed by atoms with Crippen molar-refractivity contribution in [1.82, 2.24) is 14.8 Å². The van der Waals surface area contributed by atoms with Crippen LogP contribution in [0.1, 0.15) is 25.2 Å². The number of aliphatic hydroxyl groups excluding tert-OH is 1. The van der Waals surface area contributed by atoms with Gasteiger partial charge in [0.2, 0.25) is 0 Å². The lowest BCUT2D eigenvalue weighted by molar-refractivity contribution is 0.251. The van der Waals surface area contributed by atoms with Crippen molar-refractivity contribution in [2.24, 2.45) is 5.92 Å². The first-order valence-corrected chi connectivity index (χ1v) is 6.39. The van der Waals surface area contributed by atoms with Gasteiger partial charge < -0.3 is 9.84 Å². The Hall–Kier alpha value is -1.88. The van der Waals surface area contributed by atoms with Crippen molar-refractivity contribution in [2.75, 3.05) is 0 Å². The highest BCUT2D eigenvalue weighted by molar-refractivity contribution is 5.32. The summed E-state index contributed by atoms with van der Waals surface area (Å²) in [5.41, 5.74) is 0.775. The fourth-order valence-electron chi connectivity index (χ4n) is 1.82. The molecule has 5 heteroatoms. The number of hydrogen-bond acceptors (Lipinski definition) is 4. The van der Waals surface area contributed by atoms with Crippen molar-refractivity contribution in [3.8, 4) is 5.75 Å². The average molecular weight is 261 g/mol. The topological polar surface area (TPSA) is 60.2 Å². The molecule has 102 valence electrons. The van der Waals surface area contributed by atoms with Gasteiger partial charge in [0.05, 0.1) is 6.61 Å². The maximum atomic E-state index is 9.24. The minimum atomic E-state index is -0.0329. The van der Waals surface area contributed by atoms with E-state index in [1.165, 1.54) is 0 Å². The largest absolute Gasteiger partial charge is 0.485 e. The highest BCUT2D eigenvalue weighted by atomic mass is 16.5. The molecule has 0 saturated carbocycles. The van der Waals surface area contributed by atoms with Crippen LogP contribution in [0.15, 0.2) is 30.6 Å². The van der Waals surface area contributed by atoms with Crippen LogP contribution in [0.3, 0.4) is 0 Å². The van der Waals surface area contributed by atoms with E-state index in [4.69, 9.17) is 4.74 Å². The van der Waals surface area contributed by atoms with Gasteiger partial charge in [0.25, 0.3) is 0 Å². The number of rotatable bonds is 6. The van der Waals surface area contributed by atoms with Crippen molar-refractivity contribution in [3.05, 3.63) is 42.0 Å². The smallest absolute Gasteiger partial charge is 0.164 e. The number of para-hydroxylation sites is 1. The summed E-state index contributed by atoms with van der Waals surface area (Å²) in [4.78, 5) is 4.20. The van der Waals surface area contributed by atoms with Gasteiger partial charge in [-0.3, -0.25) is 0 Å². The Kier molecular flexibility index (Phi) is 4.52. The predicted octanol–water partition coefficient (Wildman–Crippen LogP) is 2.01. The molecule has 0 aliphatic carbocycles. The lowest BCUT2D eigenvalue weighted by Crippen LogP contribution is -2.12. The van der Waals surface area contributed by atoms with Crippen LogP contribution in [0.4, 0.5) is 0 Å². The number of ether oxygens (including phenoxy) is 1. The molecule has 0 bridgehead atoms. The SMILES string of the molecule is CC(C)Cn1ncnc1COc1ccccc1CO. The first-order chi connectivity index (χ1) is 9.20. The van der Waals surface area contributed by atoms with Gasteiger partial charge in [-0.2, -0.15) is 5.10 Å².